The van der Waals surface area contributed by atoms with Crippen molar-refractivity contribution in [3.05, 3.63) is 27.9 Å². The fraction of sp³-hybridized carbons (Fsp3) is 0.600. The van der Waals surface area contributed by atoms with Gasteiger partial charge in [-0.15, -0.1) is 0 Å². The van der Waals surface area contributed by atoms with Gasteiger partial charge in [0, 0.05) is 38.9 Å². The summed E-state index contributed by atoms with van der Waals surface area (Å²) in [5.74, 6) is 0.0950. The van der Waals surface area contributed by atoms with Gasteiger partial charge in [-0.25, -0.2) is 9.78 Å². The van der Waals surface area contributed by atoms with Crippen LogP contribution in [-0.2, 0) is 4.74 Å². The van der Waals surface area contributed by atoms with Gasteiger partial charge in [-0.05, 0) is 12.0 Å². The zero-order valence-corrected chi connectivity index (χ0v) is 13.7. The minimum absolute atomic E-state index is 0.0629. The molecule has 2 heterocycles. The van der Waals surface area contributed by atoms with Crippen LogP contribution in [0.1, 0.15) is 24.2 Å². The van der Waals surface area contributed by atoms with Crippen LogP contribution in [0, 0.1) is 16.0 Å². The minimum atomic E-state index is -0.723. The van der Waals surface area contributed by atoms with Gasteiger partial charge in [0.15, 0.2) is 0 Å². The Morgan fingerprint density at radius 1 is 1.39 bits per heavy atom. The molecule has 8 nitrogen and oxygen atoms in total. The number of aromatic nitrogens is 1. The van der Waals surface area contributed by atoms with E-state index in [9.17, 15) is 14.9 Å². The molecule has 2 rings (SSSR count). The van der Waals surface area contributed by atoms with E-state index in [0.29, 0.717) is 19.0 Å². The average molecular weight is 322 g/mol. The second kappa shape index (κ2) is 7.36. The van der Waals surface area contributed by atoms with Crippen LogP contribution in [-0.4, -0.2) is 60.6 Å². The van der Waals surface area contributed by atoms with E-state index >= 15 is 0 Å². The van der Waals surface area contributed by atoms with Gasteiger partial charge in [0.2, 0.25) is 5.82 Å². The molecule has 0 saturated carbocycles. The zero-order chi connectivity index (χ0) is 17.0. The number of esters is 1. The zero-order valence-electron chi connectivity index (χ0n) is 13.7. The molecule has 1 aromatic rings. The lowest BCUT2D eigenvalue weighted by Gasteiger charge is -2.35. The number of anilines is 1. The van der Waals surface area contributed by atoms with Crippen molar-refractivity contribution >= 4 is 17.5 Å². The van der Waals surface area contributed by atoms with Gasteiger partial charge >= 0.3 is 11.7 Å². The summed E-state index contributed by atoms with van der Waals surface area (Å²) in [5, 5.41) is 11.4. The first-order valence-corrected chi connectivity index (χ1v) is 7.63. The molecule has 0 N–H and O–H groups in total. The Morgan fingerprint density at radius 2 is 2.04 bits per heavy atom. The molecular weight excluding hydrogens is 300 g/mol. The number of carbonyl (C=O) groups is 1. The highest BCUT2D eigenvalue weighted by Crippen LogP contribution is 2.30. The average Bonchev–Trinajstić information content (AvgIpc) is 2.53. The predicted octanol–water partition coefficient (Wildman–Crippen LogP) is 1.55. The monoisotopic (exact) mass is 322 g/mol. The molecule has 23 heavy (non-hydrogen) atoms. The molecule has 0 aliphatic carbocycles. The van der Waals surface area contributed by atoms with Crippen LogP contribution < -0.4 is 4.90 Å². The summed E-state index contributed by atoms with van der Waals surface area (Å²) in [6.07, 6.45) is 1.41. The summed E-state index contributed by atoms with van der Waals surface area (Å²) in [5.41, 5.74) is -0.344. The van der Waals surface area contributed by atoms with E-state index in [1.807, 2.05) is 4.90 Å². The van der Waals surface area contributed by atoms with Crippen molar-refractivity contribution in [3.63, 3.8) is 0 Å². The molecule has 0 bridgehead atoms. The van der Waals surface area contributed by atoms with Crippen LogP contribution in [0.25, 0.3) is 0 Å². The number of nitro groups is 1. The summed E-state index contributed by atoms with van der Waals surface area (Å²) in [7, 11) is 1.21. The van der Waals surface area contributed by atoms with E-state index in [2.05, 4.69) is 28.5 Å². The van der Waals surface area contributed by atoms with E-state index in [4.69, 9.17) is 0 Å². The Morgan fingerprint density at radius 3 is 2.57 bits per heavy atom. The third-order valence-corrected chi connectivity index (χ3v) is 3.79. The second-order valence-corrected chi connectivity index (χ2v) is 5.96. The van der Waals surface area contributed by atoms with Crippen LogP contribution in [0.3, 0.4) is 0 Å². The Balaban J connectivity index is 2.23. The molecule has 1 aromatic heterocycles. The van der Waals surface area contributed by atoms with Crippen molar-refractivity contribution in [1.29, 1.82) is 0 Å². The molecule has 1 aliphatic rings. The van der Waals surface area contributed by atoms with Gasteiger partial charge in [0.1, 0.15) is 5.56 Å². The SMILES string of the molecule is COC(=O)c1ccnc(N2CCN(CC(C)C)CC2)c1[N+](=O)[O-]. The Hall–Kier alpha value is -2.22. The van der Waals surface area contributed by atoms with Gasteiger partial charge < -0.3 is 9.64 Å². The third kappa shape index (κ3) is 3.95. The minimum Gasteiger partial charge on any atom is -0.465 e. The van der Waals surface area contributed by atoms with Gasteiger partial charge in [0.05, 0.1) is 12.0 Å². The summed E-state index contributed by atoms with van der Waals surface area (Å²) in [4.78, 5) is 31.0. The number of hydrogen-bond donors (Lipinski definition) is 0. The van der Waals surface area contributed by atoms with E-state index in [0.717, 1.165) is 19.6 Å². The summed E-state index contributed by atoms with van der Waals surface area (Å²) < 4.78 is 4.63. The summed E-state index contributed by atoms with van der Waals surface area (Å²) >= 11 is 0. The molecule has 8 heteroatoms. The van der Waals surface area contributed by atoms with Gasteiger partial charge in [-0.3, -0.25) is 15.0 Å². The normalized spacial score (nSPS) is 15.7. The first-order valence-electron chi connectivity index (χ1n) is 7.63. The molecule has 126 valence electrons. The number of hydrogen-bond acceptors (Lipinski definition) is 7. The maximum Gasteiger partial charge on any atom is 0.345 e. The standard InChI is InChI=1S/C15H22N4O4/c1-11(2)10-17-6-8-18(9-7-17)14-13(19(21)22)12(4-5-16-14)15(20)23-3/h4-5,11H,6-10H2,1-3H3. The highest BCUT2D eigenvalue weighted by atomic mass is 16.6. The summed E-state index contributed by atoms with van der Waals surface area (Å²) in [6.45, 7) is 8.26. The van der Waals surface area contributed by atoms with Gasteiger partial charge in [0.25, 0.3) is 0 Å². The van der Waals surface area contributed by atoms with E-state index in [-0.39, 0.29) is 17.1 Å². The molecule has 0 amide bonds. The van der Waals surface area contributed by atoms with Crippen LogP contribution in [0.4, 0.5) is 11.5 Å². The van der Waals surface area contributed by atoms with Crippen molar-refractivity contribution < 1.29 is 14.5 Å². The molecule has 0 aromatic carbocycles. The Kier molecular flexibility index (Phi) is 5.49. The number of ether oxygens (including phenoxy) is 1. The number of rotatable bonds is 5. The van der Waals surface area contributed by atoms with E-state index in [1.165, 1.54) is 19.4 Å². The second-order valence-electron chi connectivity index (χ2n) is 5.96. The van der Waals surface area contributed by atoms with Crippen molar-refractivity contribution in [2.24, 2.45) is 5.92 Å². The highest BCUT2D eigenvalue weighted by Gasteiger charge is 2.31. The van der Waals surface area contributed by atoms with E-state index in [1.54, 1.807) is 0 Å². The molecule has 0 unspecified atom stereocenters. The largest absolute Gasteiger partial charge is 0.465 e. The van der Waals surface area contributed by atoms with Crippen molar-refractivity contribution in [2.75, 3.05) is 44.7 Å². The number of nitrogens with zero attached hydrogens (tertiary/aromatic N) is 4. The van der Waals surface area contributed by atoms with Crippen molar-refractivity contribution in [2.45, 2.75) is 13.8 Å². The smallest absolute Gasteiger partial charge is 0.345 e. The van der Waals surface area contributed by atoms with Crippen LogP contribution in [0.2, 0.25) is 0 Å². The molecule has 0 radical (unpaired) electrons. The van der Waals surface area contributed by atoms with Gasteiger partial charge in [-0.2, -0.15) is 0 Å². The quantitative estimate of drug-likeness (QED) is 0.461. The number of pyridine rings is 1. The molecule has 1 saturated heterocycles. The molecule has 1 aliphatic heterocycles. The van der Waals surface area contributed by atoms with E-state index < -0.39 is 10.9 Å². The van der Waals surface area contributed by atoms with Crippen molar-refractivity contribution in [3.8, 4) is 0 Å². The highest BCUT2D eigenvalue weighted by molar-refractivity contribution is 5.96. The molecule has 0 atom stereocenters. The van der Waals surface area contributed by atoms with Crippen LogP contribution >= 0.6 is 0 Å². The van der Waals surface area contributed by atoms with Gasteiger partial charge in [-0.1, -0.05) is 13.8 Å². The van der Waals surface area contributed by atoms with Crippen molar-refractivity contribution in [1.82, 2.24) is 9.88 Å². The topological polar surface area (TPSA) is 88.8 Å². The molecule has 0 spiro atoms. The van der Waals surface area contributed by atoms with Crippen LogP contribution in [0.5, 0.6) is 0 Å². The lowest BCUT2D eigenvalue weighted by molar-refractivity contribution is -0.384. The number of carbonyl (C=O) groups excluding carboxylic acids is 1. The fourth-order valence-corrected chi connectivity index (χ4v) is 2.79. The first-order chi connectivity index (χ1) is 10.9. The number of piperazine rings is 1. The maximum atomic E-state index is 11.8. The molecule has 1 fully saturated rings. The number of methoxy groups -OCH3 is 1. The molecular formula is C15H22N4O4. The lowest BCUT2D eigenvalue weighted by atomic mass is 10.1. The maximum absolute atomic E-state index is 11.8. The fourth-order valence-electron chi connectivity index (χ4n) is 2.79. The van der Waals surface area contributed by atoms with Crippen LogP contribution in [0.15, 0.2) is 12.3 Å². The summed E-state index contributed by atoms with van der Waals surface area (Å²) in [6, 6.07) is 1.32. The third-order valence-electron chi connectivity index (χ3n) is 3.79. The lowest BCUT2D eigenvalue weighted by Crippen LogP contribution is -2.47. The predicted molar refractivity (Wildman–Crippen MR) is 85.7 cm³/mol. The Bertz CT molecular complexity index is 583. The Labute approximate surface area is 135 Å². The first kappa shape index (κ1) is 17.1.